The molecule has 0 radical (unpaired) electrons. The van der Waals surface area contributed by atoms with Crippen molar-refractivity contribution in [2.75, 3.05) is 7.05 Å². The molecular weight excluding hydrogens is 374 g/mol. The number of hydrogen-bond donors (Lipinski definition) is 1. The van der Waals surface area contributed by atoms with Gasteiger partial charge in [0.2, 0.25) is 0 Å². The lowest BCUT2D eigenvalue weighted by Gasteiger charge is -2.10. The molecule has 4 aromatic rings. The Balaban J connectivity index is 1.50. The van der Waals surface area contributed by atoms with E-state index >= 15 is 0 Å². The van der Waals surface area contributed by atoms with Crippen LogP contribution in [0.1, 0.15) is 16.8 Å². The zero-order chi connectivity index (χ0) is 20.8. The van der Waals surface area contributed by atoms with Gasteiger partial charge in [-0.2, -0.15) is 0 Å². The smallest absolute Gasteiger partial charge is 0.251 e. The highest BCUT2D eigenvalue weighted by atomic mass is 16.5. The van der Waals surface area contributed by atoms with E-state index in [2.05, 4.69) is 15.3 Å². The molecule has 5 nitrogen and oxygen atoms in total. The van der Waals surface area contributed by atoms with Crippen molar-refractivity contribution >= 4 is 28.5 Å². The van der Waals surface area contributed by atoms with Gasteiger partial charge in [0.15, 0.2) is 0 Å². The van der Waals surface area contributed by atoms with E-state index in [0.717, 1.165) is 27.7 Å². The number of pyridine rings is 2. The van der Waals surface area contributed by atoms with E-state index in [1.54, 1.807) is 19.4 Å². The van der Waals surface area contributed by atoms with Crippen LogP contribution in [0.25, 0.3) is 22.6 Å². The molecule has 2 heterocycles. The molecule has 2 aromatic heterocycles. The van der Waals surface area contributed by atoms with Gasteiger partial charge in [0.25, 0.3) is 5.91 Å². The molecule has 1 amide bonds. The molecule has 0 aliphatic rings. The van der Waals surface area contributed by atoms with E-state index < -0.39 is 0 Å². The Morgan fingerprint density at radius 2 is 1.73 bits per heavy atom. The Morgan fingerprint density at radius 3 is 2.50 bits per heavy atom. The number of nitrogens with one attached hydrogen (secondary N) is 1. The van der Waals surface area contributed by atoms with Gasteiger partial charge in [-0.1, -0.05) is 36.4 Å². The average molecular weight is 395 g/mol. The van der Waals surface area contributed by atoms with Crippen molar-refractivity contribution in [2.45, 2.75) is 6.61 Å². The molecule has 0 fully saturated rings. The van der Waals surface area contributed by atoms with E-state index in [0.29, 0.717) is 17.9 Å². The number of carbonyl (C=O) groups excluding carboxylic acids is 1. The summed E-state index contributed by atoms with van der Waals surface area (Å²) in [6.07, 6.45) is 5.24. The number of benzene rings is 2. The fourth-order valence-electron chi connectivity index (χ4n) is 3.12. The fourth-order valence-corrected chi connectivity index (χ4v) is 3.12. The maximum atomic E-state index is 12.4. The SMILES string of the molecule is CNC(=O)C(=Cc1ccncc1)c1ccc(OCc2ccc3ccccc3n2)cc1. The molecular formula is C25H21N3O2. The van der Waals surface area contributed by atoms with E-state index in [4.69, 9.17) is 4.74 Å². The number of hydrogen-bond acceptors (Lipinski definition) is 4. The van der Waals surface area contributed by atoms with Gasteiger partial charge in [-0.15, -0.1) is 0 Å². The summed E-state index contributed by atoms with van der Waals surface area (Å²) in [6.45, 7) is 0.374. The Labute approximate surface area is 175 Å². The van der Waals surface area contributed by atoms with Crippen molar-refractivity contribution in [3.63, 3.8) is 0 Å². The lowest BCUT2D eigenvalue weighted by Crippen LogP contribution is -2.19. The summed E-state index contributed by atoms with van der Waals surface area (Å²) in [5.41, 5.74) is 4.10. The van der Waals surface area contributed by atoms with E-state index in [1.165, 1.54) is 0 Å². The van der Waals surface area contributed by atoms with Gasteiger partial charge in [-0.05, 0) is 53.6 Å². The summed E-state index contributed by atoms with van der Waals surface area (Å²) in [6, 6.07) is 23.2. The molecule has 1 N–H and O–H groups in total. The highest BCUT2D eigenvalue weighted by Gasteiger charge is 2.11. The minimum absolute atomic E-state index is 0.152. The molecule has 0 saturated heterocycles. The topological polar surface area (TPSA) is 64.1 Å². The van der Waals surface area contributed by atoms with Crippen LogP contribution in [0.5, 0.6) is 5.75 Å². The third-order valence-electron chi connectivity index (χ3n) is 4.70. The Hall–Kier alpha value is -3.99. The van der Waals surface area contributed by atoms with E-state index in [1.807, 2.05) is 78.9 Å². The first-order chi connectivity index (χ1) is 14.7. The zero-order valence-corrected chi connectivity index (χ0v) is 16.6. The lowest BCUT2D eigenvalue weighted by molar-refractivity contribution is -0.115. The summed E-state index contributed by atoms with van der Waals surface area (Å²) in [4.78, 5) is 21.0. The van der Waals surface area contributed by atoms with Crippen LogP contribution in [0.3, 0.4) is 0 Å². The third kappa shape index (κ3) is 4.52. The molecule has 0 bridgehead atoms. The molecule has 5 heteroatoms. The number of fused-ring (bicyclic) bond motifs is 1. The number of nitrogens with zero attached hydrogens (tertiary/aromatic N) is 2. The highest BCUT2D eigenvalue weighted by molar-refractivity contribution is 6.24. The van der Waals surface area contributed by atoms with Crippen molar-refractivity contribution < 1.29 is 9.53 Å². The van der Waals surface area contributed by atoms with E-state index in [-0.39, 0.29) is 5.91 Å². The molecule has 4 rings (SSSR count). The number of carbonyl (C=O) groups is 1. The monoisotopic (exact) mass is 395 g/mol. The number of ether oxygens (including phenoxy) is 1. The van der Waals surface area contributed by atoms with Gasteiger partial charge in [-0.3, -0.25) is 9.78 Å². The first-order valence-corrected chi connectivity index (χ1v) is 9.64. The quantitative estimate of drug-likeness (QED) is 0.489. The largest absolute Gasteiger partial charge is 0.487 e. The van der Waals surface area contributed by atoms with Crippen LogP contribution in [-0.2, 0) is 11.4 Å². The molecule has 0 aliphatic carbocycles. The predicted octanol–water partition coefficient (Wildman–Crippen LogP) is 4.50. The van der Waals surface area contributed by atoms with Gasteiger partial charge < -0.3 is 10.1 Å². The minimum atomic E-state index is -0.152. The van der Waals surface area contributed by atoms with Crippen molar-refractivity contribution in [3.05, 3.63) is 102 Å². The van der Waals surface area contributed by atoms with Crippen LogP contribution in [0.15, 0.2) is 85.2 Å². The maximum Gasteiger partial charge on any atom is 0.251 e. The molecule has 0 unspecified atom stereocenters. The second-order valence-electron chi connectivity index (χ2n) is 6.73. The molecule has 0 aliphatic heterocycles. The molecule has 148 valence electrons. The average Bonchev–Trinajstić information content (AvgIpc) is 2.81. The third-order valence-corrected chi connectivity index (χ3v) is 4.70. The van der Waals surface area contributed by atoms with Gasteiger partial charge >= 0.3 is 0 Å². The van der Waals surface area contributed by atoms with Crippen LogP contribution in [-0.4, -0.2) is 22.9 Å². The second-order valence-corrected chi connectivity index (χ2v) is 6.73. The second kappa shape index (κ2) is 9.01. The number of aromatic nitrogens is 2. The van der Waals surface area contributed by atoms with Gasteiger partial charge in [0.05, 0.1) is 11.2 Å². The molecule has 0 spiro atoms. The molecule has 30 heavy (non-hydrogen) atoms. The normalized spacial score (nSPS) is 11.3. The first kappa shape index (κ1) is 19.3. The van der Waals surface area contributed by atoms with Gasteiger partial charge in [-0.25, -0.2) is 4.98 Å². The number of likely N-dealkylation sites (N-methyl/N-ethyl adjacent to an activating group) is 1. The van der Waals surface area contributed by atoms with Crippen molar-refractivity contribution in [1.82, 2.24) is 15.3 Å². The summed E-state index contributed by atoms with van der Waals surface area (Å²) in [5, 5.41) is 3.80. The summed E-state index contributed by atoms with van der Waals surface area (Å²) >= 11 is 0. The van der Waals surface area contributed by atoms with Crippen LogP contribution in [0, 0.1) is 0 Å². The first-order valence-electron chi connectivity index (χ1n) is 9.64. The van der Waals surface area contributed by atoms with Gasteiger partial charge in [0.1, 0.15) is 12.4 Å². The Bertz CT molecular complexity index is 1190. The lowest BCUT2D eigenvalue weighted by atomic mass is 10.0. The minimum Gasteiger partial charge on any atom is -0.487 e. The van der Waals surface area contributed by atoms with Crippen LogP contribution >= 0.6 is 0 Å². The number of amides is 1. The summed E-state index contributed by atoms with van der Waals surface area (Å²) in [5.74, 6) is 0.565. The molecule has 0 atom stereocenters. The van der Waals surface area contributed by atoms with Gasteiger partial charge in [0, 0.05) is 30.4 Å². The Morgan fingerprint density at radius 1 is 0.967 bits per heavy atom. The van der Waals surface area contributed by atoms with E-state index in [9.17, 15) is 4.79 Å². The summed E-state index contributed by atoms with van der Waals surface area (Å²) < 4.78 is 5.89. The van der Waals surface area contributed by atoms with Crippen molar-refractivity contribution in [2.24, 2.45) is 0 Å². The highest BCUT2D eigenvalue weighted by Crippen LogP contribution is 2.22. The molecule has 2 aromatic carbocycles. The maximum absolute atomic E-state index is 12.4. The summed E-state index contributed by atoms with van der Waals surface area (Å²) in [7, 11) is 1.62. The zero-order valence-electron chi connectivity index (χ0n) is 16.6. The number of para-hydroxylation sites is 1. The van der Waals surface area contributed by atoms with Crippen molar-refractivity contribution in [1.29, 1.82) is 0 Å². The molecule has 0 saturated carbocycles. The predicted molar refractivity (Wildman–Crippen MR) is 119 cm³/mol. The van der Waals surface area contributed by atoms with Crippen LogP contribution in [0.4, 0.5) is 0 Å². The fraction of sp³-hybridized carbons (Fsp3) is 0.0800. The standard InChI is InChI=1S/C25H21N3O2/c1-26-25(29)23(16-18-12-14-27-15-13-18)19-7-10-22(11-8-19)30-17-21-9-6-20-4-2-3-5-24(20)28-21/h2-16H,17H2,1H3,(H,26,29). The van der Waals surface area contributed by atoms with Crippen LogP contribution in [0.2, 0.25) is 0 Å². The number of rotatable bonds is 6. The van der Waals surface area contributed by atoms with Crippen molar-refractivity contribution in [3.8, 4) is 5.75 Å². The van der Waals surface area contributed by atoms with Crippen LogP contribution < -0.4 is 10.1 Å². The Kier molecular flexibility index (Phi) is 5.80.